The van der Waals surface area contributed by atoms with E-state index in [4.69, 9.17) is 4.74 Å². The van der Waals surface area contributed by atoms with Gasteiger partial charge in [0, 0.05) is 11.8 Å². The fourth-order valence-corrected chi connectivity index (χ4v) is 1.89. The minimum atomic E-state index is 0.645. The molecule has 0 radical (unpaired) electrons. The van der Waals surface area contributed by atoms with Crippen LogP contribution in [0.1, 0.15) is 21.6 Å². The Morgan fingerprint density at radius 3 is 2.88 bits per heavy atom. The number of hydrogen-bond acceptors (Lipinski definition) is 2. The lowest BCUT2D eigenvalue weighted by Gasteiger charge is -2.11. The van der Waals surface area contributed by atoms with Crippen molar-refractivity contribution in [3.63, 3.8) is 0 Å². The largest absolute Gasteiger partial charge is 0.496 e. The van der Waals surface area contributed by atoms with Gasteiger partial charge >= 0.3 is 0 Å². The maximum absolute atomic E-state index is 10.8. The molecule has 0 unspecified atom stereocenters. The summed E-state index contributed by atoms with van der Waals surface area (Å²) in [6, 6.07) is 9.71. The molecule has 2 rings (SSSR count). The van der Waals surface area contributed by atoms with Crippen LogP contribution in [0.5, 0.6) is 5.75 Å². The molecule has 0 N–H and O–H groups in total. The lowest BCUT2D eigenvalue weighted by molar-refractivity contribution is 0.111. The zero-order valence-electron chi connectivity index (χ0n) is 10.0. The van der Waals surface area contributed by atoms with Crippen molar-refractivity contribution < 1.29 is 9.53 Å². The number of nitrogens with zero attached hydrogens (tertiary/aromatic N) is 1. The van der Waals surface area contributed by atoms with Gasteiger partial charge in [-0.05, 0) is 25.1 Å². The number of carbonyl (C=O) groups is 1. The highest BCUT2D eigenvalue weighted by Gasteiger charge is 2.06. The first-order valence-corrected chi connectivity index (χ1v) is 5.48. The Balaban J connectivity index is 2.35. The van der Waals surface area contributed by atoms with Gasteiger partial charge in [-0.25, -0.2) is 0 Å². The van der Waals surface area contributed by atoms with Gasteiger partial charge in [-0.2, -0.15) is 0 Å². The molecule has 1 aromatic carbocycles. The van der Waals surface area contributed by atoms with Crippen molar-refractivity contribution in [1.29, 1.82) is 0 Å². The van der Waals surface area contributed by atoms with E-state index in [2.05, 4.69) is 6.07 Å². The first-order valence-electron chi connectivity index (χ1n) is 5.48. The van der Waals surface area contributed by atoms with Gasteiger partial charge in [0.15, 0.2) is 6.29 Å². The number of methoxy groups -OCH3 is 1. The number of benzene rings is 1. The van der Waals surface area contributed by atoms with Crippen LogP contribution in [0.2, 0.25) is 0 Å². The van der Waals surface area contributed by atoms with E-state index in [1.54, 1.807) is 13.2 Å². The van der Waals surface area contributed by atoms with Gasteiger partial charge in [0.2, 0.25) is 0 Å². The van der Waals surface area contributed by atoms with E-state index in [-0.39, 0.29) is 0 Å². The Kier molecular flexibility index (Phi) is 3.28. The molecule has 0 aliphatic heterocycles. The van der Waals surface area contributed by atoms with E-state index in [1.807, 2.05) is 35.9 Å². The van der Waals surface area contributed by atoms with Crippen molar-refractivity contribution in [2.75, 3.05) is 7.11 Å². The van der Waals surface area contributed by atoms with Crippen LogP contribution in [0.3, 0.4) is 0 Å². The van der Waals surface area contributed by atoms with Crippen LogP contribution in [0.25, 0.3) is 0 Å². The second-order valence-electron chi connectivity index (χ2n) is 3.99. The number of ether oxygens (including phenoxy) is 1. The third-order valence-corrected chi connectivity index (χ3v) is 2.76. The Labute approximate surface area is 101 Å². The van der Waals surface area contributed by atoms with Crippen molar-refractivity contribution in [3.05, 3.63) is 53.3 Å². The number of carbonyl (C=O) groups excluding carboxylic acids is 1. The lowest BCUT2D eigenvalue weighted by Crippen LogP contribution is -2.04. The molecule has 0 bridgehead atoms. The van der Waals surface area contributed by atoms with Crippen LogP contribution in [-0.4, -0.2) is 18.0 Å². The molecule has 3 nitrogen and oxygen atoms in total. The van der Waals surface area contributed by atoms with E-state index in [0.29, 0.717) is 12.2 Å². The smallest absolute Gasteiger partial charge is 0.166 e. The number of rotatable bonds is 4. The van der Waals surface area contributed by atoms with E-state index in [0.717, 1.165) is 17.6 Å². The molecule has 3 heteroatoms. The maximum atomic E-state index is 10.8. The molecular weight excluding hydrogens is 214 g/mol. The molecule has 0 spiro atoms. The van der Waals surface area contributed by atoms with Gasteiger partial charge in [-0.3, -0.25) is 4.79 Å². The summed E-state index contributed by atoms with van der Waals surface area (Å²) in [6.07, 6.45) is 2.76. The number of aryl methyl sites for hydroxylation is 1. The van der Waals surface area contributed by atoms with Crippen LogP contribution >= 0.6 is 0 Å². The topological polar surface area (TPSA) is 31.2 Å². The molecule has 17 heavy (non-hydrogen) atoms. The zero-order chi connectivity index (χ0) is 12.3. The van der Waals surface area contributed by atoms with Gasteiger partial charge in [-0.1, -0.05) is 17.7 Å². The number of hydrogen-bond donors (Lipinski definition) is 0. The Hall–Kier alpha value is -2.03. The van der Waals surface area contributed by atoms with Crippen LogP contribution in [0, 0.1) is 6.92 Å². The minimum absolute atomic E-state index is 0.645. The fraction of sp³-hybridized carbons (Fsp3) is 0.214. The minimum Gasteiger partial charge on any atom is -0.496 e. The molecule has 88 valence electrons. The second-order valence-corrected chi connectivity index (χ2v) is 3.99. The summed E-state index contributed by atoms with van der Waals surface area (Å²) in [4.78, 5) is 10.8. The molecule has 0 fully saturated rings. The van der Waals surface area contributed by atoms with Gasteiger partial charge in [0.05, 0.1) is 19.3 Å². The normalized spacial score (nSPS) is 10.2. The quantitative estimate of drug-likeness (QED) is 0.755. The monoisotopic (exact) mass is 229 g/mol. The lowest BCUT2D eigenvalue weighted by atomic mass is 10.1. The highest BCUT2D eigenvalue weighted by Crippen LogP contribution is 2.21. The standard InChI is InChI=1S/C14H15NO2/c1-11-5-6-14(17-2)12(8-11)9-15-7-3-4-13(15)10-16/h3-8,10H,9H2,1-2H3. The summed E-state index contributed by atoms with van der Waals surface area (Å²) in [7, 11) is 1.66. The molecule has 2 aromatic rings. The summed E-state index contributed by atoms with van der Waals surface area (Å²) in [5, 5.41) is 0. The van der Waals surface area contributed by atoms with Crippen molar-refractivity contribution >= 4 is 6.29 Å². The fourth-order valence-electron chi connectivity index (χ4n) is 1.89. The van der Waals surface area contributed by atoms with Crippen molar-refractivity contribution in [2.24, 2.45) is 0 Å². The van der Waals surface area contributed by atoms with E-state index >= 15 is 0 Å². The average molecular weight is 229 g/mol. The third kappa shape index (κ3) is 2.38. The molecule has 1 heterocycles. The number of aromatic nitrogens is 1. The molecule has 0 atom stereocenters. The van der Waals surface area contributed by atoms with E-state index < -0.39 is 0 Å². The summed E-state index contributed by atoms with van der Waals surface area (Å²) in [5.74, 6) is 0.848. The zero-order valence-corrected chi connectivity index (χ0v) is 10.0. The van der Waals surface area contributed by atoms with Gasteiger partial charge < -0.3 is 9.30 Å². The van der Waals surface area contributed by atoms with Gasteiger partial charge in [-0.15, -0.1) is 0 Å². The third-order valence-electron chi connectivity index (χ3n) is 2.76. The summed E-state index contributed by atoms with van der Waals surface area (Å²) < 4.78 is 7.23. The molecule has 0 saturated heterocycles. The maximum Gasteiger partial charge on any atom is 0.166 e. The molecular formula is C14H15NO2. The van der Waals surface area contributed by atoms with E-state index in [9.17, 15) is 4.79 Å². The van der Waals surface area contributed by atoms with Crippen molar-refractivity contribution in [2.45, 2.75) is 13.5 Å². The summed E-state index contributed by atoms with van der Waals surface area (Å²) >= 11 is 0. The Morgan fingerprint density at radius 1 is 1.35 bits per heavy atom. The molecule has 0 saturated carbocycles. The highest BCUT2D eigenvalue weighted by molar-refractivity contribution is 5.72. The average Bonchev–Trinajstić information content (AvgIpc) is 2.77. The van der Waals surface area contributed by atoms with Crippen LogP contribution in [0.4, 0.5) is 0 Å². The predicted molar refractivity (Wildman–Crippen MR) is 66.7 cm³/mol. The van der Waals surface area contributed by atoms with E-state index in [1.165, 1.54) is 5.56 Å². The predicted octanol–water partition coefficient (Wildman–Crippen LogP) is 2.67. The number of aldehydes is 1. The summed E-state index contributed by atoms with van der Waals surface area (Å²) in [5.41, 5.74) is 2.93. The van der Waals surface area contributed by atoms with Crippen molar-refractivity contribution in [1.82, 2.24) is 4.57 Å². The molecule has 1 aromatic heterocycles. The van der Waals surface area contributed by atoms with Crippen molar-refractivity contribution in [3.8, 4) is 5.75 Å². The molecule has 0 aliphatic rings. The highest BCUT2D eigenvalue weighted by atomic mass is 16.5. The van der Waals surface area contributed by atoms with Crippen LogP contribution in [-0.2, 0) is 6.54 Å². The SMILES string of the molecule is COc1ccc(C)cc1Cn1cccc1C=O. The molecule has 0 amide bonds. The molecule has 0 aliphatic carbocycles. The second kappa shape index (κ2) is 4.87. The van der Waals surface area contributed by atoms with Crippen LogP contribution in [0.15, 0.2) is 36.5 Å². The van der Waals surface area contributed by atoms with Gasteiger partial charge in [0.1, 0.15) is 5.75 Å². The Bertz CT molecular complexity index is 529. The Morgan fingerprint density at radius 2 is 2.18 bits per heavy atom. The first-order chi connectivity index (χ1) is 8.24. The van der Waals surface area contributed by atoms with Crippen LogP contribution < -0.4 is 4.74 Å². The van der Waals surface area contributed by atoms with Gasteiger partial charge in [0.25, 0.3) is 0 Å². The summed E-state index contributed by atoms with van der Waals surface area (Å²) in [6.45, 7) is 2.69. The first kappa shape index (κ1) is 11.5.